The predicted octanol–water partition coefficient (Wildman–Crippen LogP) is -0.712. The lowest BCUT2D eigenvalue weighted by molar-refractivity contribution is -0.136. The van der Waals surface area contributed by atoms with E-state index < -0.39 is 0 Å². The van der Waals surface area contributed by atoms with Gasteiger partial charge in [-0.2, -0.15) is 0 Å². The molecule has 1 aliphatic heterocycles. The van der Waals surface area contributed by atoms with Crippen LogP contribution in [0.5, 0.6) is 0 Å². The molecule has 2 rings (SSSR count). The fraction of sp³-hybridized carbons (Fsp3) is 0.750. The van der Waals surface area contributed by atoms with Crippen LogP contribution in [-0.2, 0) is 17.9 Å². The van der Waals surface area contributed by atoms with Gasteiger partial charge in [-0.25, -0.2) is 4.68 Å². The molecule has 1 amide bonds. The number of nitrogens with zero attached hydrogens (tertiary/aromatic N) is 5. The molecule has 0 aliphatic carbocycles. The van der Waals surface area contributed by atoms with E-state index in [1.165, 1.54) is 0 Å². The Labute approximate surface area is 113 Å². The van der Waals surface area contributed by atoms with Crippen molar-refractivity contribution in [2.24, 2.45) is 5.73 Å². The number of hydrogen-bond donors (Lipinski definition) is 1. The van der Waals surface area contributed by atoms with Crippen molar-refractivity contribution in [3.05, 3.63) is 11.9 Å². The molecule has 7 heteroatoms. The van der Waals surface area contributed by atoms with Crippen molar-refractivity contribution < 1.29 is 4.79 Å². The SMILES string of the molecule is CC1CN(C(=O)Cn2cc(CN)nn2)CC(C)N1C. The summed E-state index contributed by atoms with van der Waals surface area (Å²) in [5.41, 5.74) is 6.17. The Morgan fingerprint density at radius 3 is 2.58 bits per heavy atom. The Morgan fingerprint density at radius 1 is 1.42 bits per heavy atom. The number of rotatable bonds is 3. The number of nitrogens with two attached hydrogens (primary N) is 1. The summed E-state index contributed by atoms with van der Waals surface area (Å²) in [6.45, 7) is 6.37. The monoisotopic (exact) mass is 266 g/mol. The van der Waals surface area contributed by atoms with Crippen molar-refractivity contribution in [1.29, 1.82) is 0 Å². The third-order valence-electron chi connectivity index (χ3n) is 3.80. The van der Waals surface area contributed by atoms with Crippen LogP contribution < -0.4 is 5.73 Å². The molecule has 19 heavy (non-hydrogen) atoms. The van der Waals surface area contributed by atoms with Gasteiger partial charge in [0.2, 0.25) is 5.91 Å². The lowest BCUT2D eigenvalue weighted by atomic mass is 10.1. The largest absolute Gasteiger partial charge is 0.338 e. The Morgan fingerprint density at radius 2 is 2.05 bits per heavy atom. The van der Waals surface area contributed by atoms with Gasteiger partial charge in [0.15, 0.2) is 0 Å². The van der Waals surface area contributed by atoms with Gasteiger partial charge in [-0.3, -0.25) is 9.69 Å². The summed E-state index contributed by atoms with van der Waals surface area (Å²) < 4.78 is 1.55. The summed E-state index contributed by atoms with van der Waals surface area (Å²) in [4.78, 5) is 16.4. The van der Waals surface area contributed by atoms with E-state index in [0.29, 0.717) is 24.3 Å². The fourth-order valence-corrected chi connectivity index (χ4v) is 2.36. The lowest BCUT2D eigenvalue weighted by Crippen LogP contribution is -2.56. The molecule has 2 unspecified atom stereocenters. The number of carbonyl (C=O) groups excluding carboxylic acids is 1. The maximum absolute atomic E-state index is 12.3. The Hall–Kier alpha value is -1.47. The van der Waals surface area contributed by atoms with Gasteiger partial charge in [0, 0.05) is 31.7 Å². The quantitative estimate of drug-likeness (QED) is 0.781. The summed E-state index contributed by atoms with van der Waals surface area (Å²) >= 11 is 0. The molecule has 0 spiro atoms. The predicted molar refractivity (Wildman–Crippen MR) is 71.2 cm³/mol. The number of hydrogen-bond acceptors (Lipinski definition) is 5. The first-order valence-electron chi connectivity index (χ1n) is 6.60. The third-order valence-corrected chi connectivity index (χ3v) is 3.80. The zero-order chi connectivity index (χ0) is 14.0. The minimum Gasteiger partial charge on any atom is -0.338 e. The minimum atomic E-state index is 0.0836. The van der Waals surface area contributed by atoms with Gasteiger partial charge in [0.25, 0.3) is 0 Å². The van der Waals surface area contributed by atoms with Crippen molar-refractivity contribution in [3.63, 3.8) is 0 Å². The van der Waals surface area contributed by atoms with Crippen molar-refractivity contribution in [1.82, 2.24) is 24.8 Å². The second-order valence-electron chi connectivity index (χ2n) is 5.27. The van der Waals surface area contributed by atoms with Gasteiger partial charge in [0.1, 0.15) is 6.54 Å². The van der Waals surface area contributed by atoms with Gasteiger partial charge >= 0.3 is 0 Å². The molecule has 1 fully saturated rings. The van der Waals surface area contributed by atoms with Gasteiger partial charge in [-0.1, -0.05) is 5.21 Å². The molecule has 1 aliphatic rings. The van der Waals surface area contributed by atoms with E-state index in [9.17, 15) is 4.79 Å². The van der Waals surface area contributed by atoms with E-state index in [1.807, 2.05) is 4.90 Å². The molecular weight excluding hydrogens is 244 g/mol. The van der Waals surface area contributed by atoms with E-state index in [0.717, 1.165) is 13.1 Å². The number of likely N-dealkylation sites (N-methyl/N-ethyl adjacent to an activating group) is 1. The summed E-state index contributed by atoms with van der Waals surface area (Å²) in [6.07, 6.45) is 1.72. The number of carbonyl (C=O) groups is 1. The normalized spacial score (nSPS) is 24.7. The van der Waals surface area contributed by atoms with Crippen molar-refractivity contribution in [3.8, 4) is 0 Å². The van der Waals surface area contributed by atoms with Crippen LogP contribution in [0.3, 0.4) is 0 Å². The summed E-state index contributed by atoms with van der Waals surface area (Å²) in [5.74, 6) is 0.0836. The van der Waals surface area contributed by atoms with Crippen LogP contribution >= 0.6 is 0 Å². The molecule has 1 aromatic rings. The molecule has 106 valence electrons. The van der Waals surface area contributed by atoms with Gasteiger partial charge in [-0.05, 0) is 20.9 Å². The first-order chi connectivity index (χ1) is 9.01. The number of aromatic nitrogens is 3. The Balaban J connectivity index is 1.96. The number of amides is 1. The second-order valence-corrected chi connectivity index (χ2v) is 5.27. The lowest BCUT2D eigenvalue weighted by Gasteiger charge is -2.42. The molecule has 0 radical (unpaired) electrons. The standard InChI is InChI=1S/C12H22N6O/c1-9-5-17(6-10(2)16(9)3)12(19)8-18-7-11(4-13)14-15-18/h7,9-10H,4-6,8,13H2,1-3H3. The zero-order valence-electron chi connectivity index (χ0n) is 11.8. The molecular formula is C12H22N6O. The highest BCUT2D eigenvalue weighted by Gasteiger charge is 2.29. The topological polar surface area (TPSA) is 80.3 Å². The molecule has 7 nitrogen and oxygen atoms in total. The van der Waals surface area contributed by atoms with Crippen LogP contribution in [0.25, 0.3) is 0 Å². The van der Waals surface area contributed by atoms with Gasteiger partial charge in [-0.15, -0.1) is 5.10 Å². The van der Waals surface area contributed by atoms with Crippen molar-refractivity contribution in [2.45, 2.75) is 39.0 Å². The van der Waals surface area contributed by atoms with E-state index in [-0.39, 0.29) is 12.5 Å². The fourth-order valence-electron chi connectivity index (χ4n) is 2.36. The number of piperazine rings is 1. The molecule has 2 heterocycles. The molecule has 2 atom stereocenters. The molecule has 1 aromatic heterocycles. The van der Waals surface area contributed by atoms with E-state index in [2.05, 4.69) is 36.1 Å². The van der Waals surface area contributed by atoms with E-state index >= 15 is 0 Å². The average Bonchev–Trinajstić information content (AvgIpc) is 2.83. The van der Waals surface area contributed by atoms with Crippen LogP contribution in [0.2, 0.25) is 0 Å². The van der Waals surface area contributed by atoms with E-state index in [1.54, 1.807) is 10.9 Å². The first-order valence-corrected chi connectivity index (χ1v) is 6.60. The Bertz CT molecular complexity index is 433. The molecule has 2 N–H and O–H groups in total. The summed E-state index contributed by atoms with van der Waals surface area (Å²) in [6, 6.07) is 0.756. The highest BCUT2D eigenvalue weighted by atomic mass is 16.2. The van der Waals surface area contributed by atoms with Crippen LogP contribution in [0.1, 0.15) is 19.5 Å². The van der Waals surface area contributed by atoms with Gasteiger partial charge < -0.3 is 10.6 Å². The molecule has 0 aromatic carbocycles. The first kappa shape index (κ1) is 14.0. The summed E-state index contributed by atoms with van der Waals surface area (Å²) in [7, 11) is 2.10. The maximum atomic E-state index is 12.3. The molecule has 1 saturated heterocycles. The average molecular weight is 266 g/mol. The summed E-state index contributed by atoms with van der Waals surface area (Å²) in [5, 5.41) is 7.79. The van der Waals surface area contributed by atoms with Crippen molar-refractivity contribution >= 4 is 5.91 Å². The van der Waals surface area contributed by atoms with Crippen molar-refractivity contribution in [2.75, 3.05) is 20.1 Å². The maximum Gasteiger partial charge on any atom is 0.244 e. The Kier molecular flexibility index (Phi) is 4.16. The third kappa shape index (κ3) is 3.10. The van der Waals surface area contributed by atoms with Gasteiger partial charge in [0.05, 0.1) is 11.9 Å². The highest BCUT2D eigenvalue weighted by Crippen LogP contribution is 2.13. The molecule has 0 bridgehead atoms. The molecule has 0 saturated carbocycles. The zero-order valence-corrected chi connectivity index (χ0v) is 11.8. The van der Waals surface area contributed by atoms with Crippen LogP contribution in [-0.4, -0.2) is 62.9 Å². The van der Waals surface area contributed by atoms with E-state index in [4.69, 9.17) is 5.73 Å². The van der Waals surface area contributed by atoms with Crippen LogP contribution in [0.4, 0.5) is 0 Å². The minimum absolute atomic E-state index is 0.0836. The smallest absolute Gasteiger partial charge is 0.244 e. The van der Waals surface area contributed by atoms with Crippen LogP contribution in [0, 0.1) is 0 Å². The van der Waals surface area contributed by atoms with Crippen LogP contribution in [0.15, 0.2) is 6.20 Å². The second kappa shape index (κ2) is 5.66. The highest BCUT2D eigenvalue weighted by molar-refractivity contribution is 5.76.